The highest BCUT2D eigenvalue weighted by Gasteiger charge is 2.37. The van der Waals surface area contributed by atoms with Crippen molar-refractivity contribution in [1.82, 2.24) is 10.3 Å². The fourth-order valence-corrected chi connectivity index (χ4v) is 3.47. The molecule has 1 saturated heterocycles. The molecule has 1 aliphatic carbocycles. The zero-order valence-electron chi connectivity index (χ0n) is 12.1. The van der Waals surface area contributed by atoms with Crippen molar-refractivity contribution in [2.45, 2.75) is 51.2 Å². The Kier molecular flexibility index (Phi) is 4.03. The van der Waals surface area contributed by atoms with E-state index in [2.05, 4.69) is 17.2 Å². The van der Waals surface area contributed by atoms with Crippen LogP contribution >= 0.6 is 0 Å². The Balaban J connectivity index is 1.75. The van der Waals surface area contributed by atoms with E-state index in [0.717, 1.165) is 18.8 Å². The lowest BCUT2D eigenvalue weighted by molar-refractivity contribution is -0.0123. The topological polar surface area (TPSA) is 34.1 Å². The standard InChI is InChI=1S/C16H23FN2O/c1-12-15(14-6-5-13(17)9-18-14)20-11-16(10-19-12)7-3-2-4-8-16/h5-6,9,12,15,19H,2-4,7-8,10-11H2,1H3. The van der Waals surface area contributed by atoms with Crippen molar-refractivity contribution in [3.8, 4) is 0 Å². The van der Waals surface area contributed by atoms with Gasteiger partial charge in [0.1, 0.15) is 11.9 Å². The zero-order valence-corrected chi connectivity index (χ0v) is 12.1. The number of nitrogens with one attached hydrogen (secondary N) is 1. The molecule has 4 heteroatoms. The third-order valence-electron chi connectivity index (χ3n) is 4.78. The molecule has 3 nitrogen and oxygen atoms in total. The van der Waals surface area contributed by atoms with Gasteiger partial charge in [-0.2, -0.15) is 0 Å². The van der Waals surface area contributed by atoms with Gasteiger partial charge in [0.05, 0.1) is 18.5 Å². The molecule has 0 aromatic carbocycles. The molecule has 0 radical (unpaired) electrons. The van der Waals surface area contributed by atoms with E-state index in [9.17, 15) is 4.39 Å². The molecule has 110 valence electrons. The number of pyridine rings is 1. The first kappa shape index (κ1) is 14.0. The van der Waals surface area contributed by atoms with Gasteiger partial charge in [-0.1, -0.05) is 19.3 Å². The highest BCUT2D eigenvalue weighted by atomic mass is 19.1. The molecule has 1 spiro atoms. The number of hydrogen-bond donors (Lipinski definition) is 1. The molecule has 1 aliphatic heterocycles. The number of aromatic nitrogens is 1. The van der Waals surface area contributed by atoms with E-state index in [0.29, 0.717) is 5.41 Å². The average Bonchev–Trinajstić information content (AvgIpc) is 2.62. The molecule has 2 fully saturated rings. The number of hydrogen-bond acceptors (Lipinski definition) is 3. The molecule has 2 aliphatic rings. The summed E-state index contributed by atoms with van der Waals surface area (Å²) in [5.41, 5.74) is 1.11. The van der Waals surface area contributed by atoms with Gasteiger partial charge in [-0.25, -0.2) is 4.39 Å². The Morgan fingerprint density at radius 3 is 2.80 bits per heavy atom. The maximum atomic E-state index is 13.0. The van der Waals surface area contributed by atoms with Crippen LogP contribution in [0.15, 0.2) is 18.3 Å². The normalized spacial score (nSPS) is 30.1. The molecule has 1 N–H and O–H groups in total. The van der Waals surface area contributed by atoms with E-state index >= 15 is 0 Å². The van der Waals surface area contributed by atoms with Crippen molar-refractivity contribution in [2.75, 3.05) is 13.2 Å². The fraction of sp³-hybridized carbons (Fsp3) is 0.688. The van der Waals surface area contributed by atoms with E-state index in [1.165, 1.54) is 44.4 Å². The number of ether oxygens (including phenoxy) is 1. The number of rotatable bonds is 1. The van der Waals surface area contributed by atoms with Crippen molar-refractivity contribution in [2.24, 2.45) is 5.41 Å². The molecule has 2 heterocycles. The van der Waals surface area contributed by atoms with Gasteiger partial charge in [0.2, 0.25) is 0 Å². The lowest BCUT2D eigenvalue weighted by atomic mass is 9.74. The van der Waals surface area contributed by atoms with Crippen LogP contribution in [0.25, 0.3) is 0 Å². The molecule has 2 atom stereocenters. The molecule has 20 heavy (non-hydrogen) atoms. The van der Waals surface area contributed by atoms with E-state index in [1.54, 1.807) is 6.07 Å². The van der Waals surface area contributed by atoms with Crippen molar-refractivity contribution in [3.05, 3.63) is 29.8 Å². The van der Waals surface area contributed by atoms with Crippen LogP contribution in [0.2, 0.25) is 0 Å². The highest BCUT2D eigenvalue weighted by molar-refractivity contribution is 5.11. The monoisotopic (exact) mass is 278 g/mol. The molecule has 3 rings (SSSR count). The Labute approximate surface area is 119 Å². The summed E-state index contributed by atoms with van der Waals surface area (Å²) in [7, 11) is 0. The Morgan fingerprint density at radius 2 is 2.10 bits per heavy atom. The number of nitrogens with zero attached hydrogens (tertiary/aromatic N) is 1. The molecule has 0 bridgehead atoms. The molecule has 1 saturated carbocycles. The Morgan fingerprint density at radius 1 is 1.30 bits per heavy atom. The fourth-order valence-electron chi connectivity index (χ4n) is 3.47. The van der Waals surface area contributed by atoms with Crippen molar-refractivity contribution in [1.29, 1.82) is 0 Å². The Hall–Kier alpha value is -1.00. The van der Waals surface area contributed by atoms with E-state index < -0.39 is 0 Å². The van der Waals surface area contributed by atoms with E-state index in [4.69, 9.17) is 4.74 Å². The predicted octanol–water partition coefficient (Wildman–Crippen LogP) is 3.22. The third-order valence-corrected chi connectivity index (χ3v) is 4.78. The predicted molar refractivity (Wildman–Crippen MR) is 75.9 cm³/mol. The lowest BCUT2D eigenvalue weighted by Crippen LogP contribution is -2.39. The summed E-state index contributed by atoms with van der Waals surface area (Å²) in [6.07, 6.45) is 7.63. The summed E-state index contributed by atoms with van der Waals surface area (Å²) in [5, 5.41) is 3.61. The maximum absolute atomic E-state index is 13.0. The van der Waals surface area contributed by atoms with Gasteiger partial charge < -0.3 is 10.1 Å². The molecular weight excluding hydrogens is 255 g/mol. The summed E-state index contributed by atoms with van der Waals surface area (Å²) in [4.78, 5) is 4.19. The average molecular weight is 278 g/mol. The highest BCUT2D eigenvalue weighted by Crippen LogP contribution is 2.39. The minimum absolute atomic E-state index is 0.0862. The van der Waals surface area contributed by atoms with Crippen LogP contribution in [-0.4, -0.2) is 24.2 Å². The minimum atomic E-state index is -0.299. The molecule has 2 unspecified atom stereocenters. The molecule has 0 amide bonds. The van der Waals surface area contributed by atoms with Gasteiger partial charge in [-0.3, -0.25) is 4.98 Å². The first-order valence-corrected chi connectivity index (χ1v) is 7.65. The summed E-state index contributed by atoms with van der Waals surface area (Å²) in [6.45, 7) is 3.93. The van der Waals surface area contributed by atoms with Gasteiger partial charge in [0, 0.05) is 18.0 Å². The summed E-state index contributed by atoms with van der Waals surface area (Å²) >= 11 is 0. The summed E-state index contributed by atoms with van der Waals surface area (Å²) < 4.78 is 19.2. The third kappa shape index (κ3) is 2.86. The molecule has 1 aromatic heterocycles. The summed E-state index contributed by atoms with van der Waals surface area (Å²) in [5.74, 6) is -0.299. The van der Waals surface area contributed by atoms with Crippen molar-refractivity contribution < 1.29 is 9.13 Å². The van der Waals surface area contributed by atoms with Crippen LogP contribution in [0.4, 0.5) is 4.39 Å². The smallest absolute Gasteiger partial charge is 0.141 e. The van der Waals surface area contributed by atoms with Crippen LogP contribution in [0.1, 0.15) is 50.8 Å². The van der Waals surface area contributed by atoms with Gasteiger partial charge in [0.15, 0.2) is 0 Å². The zero-order chi connectivity index (χ0) is 14.0. The van der Waals surface area contributed by atoms with Crippen LogP contribution in [0.3, 0.4) is 0 Å². The van der Waals surface area contributed by atoms with Gasteiger partial charge >= 0.3 is 0 Å². The second-order valence-electron chi connectivity index (χ2n) is 6.36. The maximum Gasteiger partial charge on any atom is 0.141 e. The van der Waals surface area contributed by atoms with Gasteiger partial charge in [-0.15, -0.1) is 0 Å². The SMILES string of the molecule is CC1NCC2(CCCCC2)COC1c1ccc(F)cn1. The van der Waals surface area contributed by atoms with Crippen LogP contribution in [0, 0.1) is 11.2 Å². The number of halogens is 1. The first-order chi connectivity index (χ1) is 9.69. The molecule has 1 aromatic rings. The largest absolute Gasteiger partial charge is 0.370 e. The quantitative estimate of drug-likeness (QED) is 0.856. The minimum Gasteiger partial charge on any atom is -0.370 e. The lowest BCUT2D eigenvalue weighted by Gasteiger charge is -2.35. The second-order valence-corrected chi connectivity index (χ2v) is 6.36. The van der Waals surface area contributed by atoms with Crippen LogP contribution in [0.5, 0.6) is 0 Å². The summed E-state index contributed by atoms with van der Waals surface area (Å²) in [6, 6.07) is 3.39. The first-order valence-electron chi connectivity index (χ1n) is 7.65. The van der Waals surface area contributed by atoms with E-state index in [1.807, 2.05) is 0 Å². The molecular formula is C16H23FN2O. The van der Waals surface area contributed by atoms with Crippen LogP contribution < -0.4 is 5.32 Å². The van der Waals surface area contributed by atoms with Crippen LogP contribution in [-0.2, 0) is 4.74 Å². The Bertz CT molecular complexity index is 442. The van der Waals surface area contributed by atoms with Crippen molar-refractivity contribution >= 4 is 0 Å². The van der Waals surface area contributed by atoms with Gasteiger partial charge in [-0.05, 0) is 31.9 Å². The van der Waals surface area contributed by atoms with E-state index in [-0.39, 0.29) is 18.0 Å². The van der Waals surface area contributed by atoms with Gasteiger partial charge in [0.25, 0.3) is 0 Å². The van der Waals surface area contributed by atoms with Crippen molar-refractivity contribution in [3.63, 3.8) is 0 Å². The second kappa shape index (κ2) is 5.78.